The molecule has 2 amide bonds. The van der Waals surface area contributed by atoms with Gasteiger partial charge in [-0.1, -0.05) is 36.4 Å². The third-order valence-electron chi connectivity index (χ3n) is 7.17. The molecule has 0 saturated heterocycles. The monoisotopic (exact) mass is 631 g/mol. The number of hydrogen-bond donors (Lipinski definition) is 1. The van der Waals surface area contributed by atoms with Crippen LogP contribution in [0.15, 0.2) is 115 Å². The Balaban J connectivity index is 1.23. The van der Waals surface area contributed by atoms with Crippen molar-refractivity contribution < 1.29 is 14.0 Å². The number of anilines is 1. The predicted molar refractivity (Wildman–Crippen MR) is 175 cm³/mol. The van der Waals surface area contributed by atoms with E-state index >= 15 is 0 Å². The van der Waals surface area contributed by atoms with Crippen LogP contribution in [0.1, 0.15) is 41.7 Å². The molecule has 45 heavy (non-hydrogen) atoms. The van der Waals surface area contributed by atoms with Crippen molar-refractivity contribution in [2.45, 2.75) is 19.6 Å². The summed E-state index contributed by atoms with van der Waals surface area (Å²) in [5.74, 6) is -0.968. The fraction of sp³-hybridized carbons (Fsp3) is 0.0857. The van der Waals surface area contributed by atoms with Gasteiger partial charge in [0.25, 0.3) is 11.8 Å². The summed E-state index contributed by atoms with van der Waals surface area (Å²) in [6.45, 7) is 1.18. The summed E-state index contributed by atoms with van der Waals surface area (Å²) in [7, 11) is 0. The van der Waals surface area contributed by atoms with Crippen LogP contribution < -0.4 is 10.2 Å². The third kappa shape index (κ3) is 7.07. The van der Waals surface area contributed by atoms with E-state index in [-0.39, 0.29) is 23.9 Å². The Morgan fingerprint density at radius 3 is 2.53 bits per heavy atom. The summed E-state index contributed by atoms with van der Waals surface area (Å²) in [5, 5.41) is 14.1. The normalized spacial score (nSPS) is 10.8. The van der Waals surface area contributed by atoms with Crippen LogP contribution >= 0.6 is 22.7 Å². The molecule has 1 N–H and O–H groups in total. The van der Waals surface area contributed by atoms with Crippen molar-refractivity contribution >= 4 is 40.2 Å². The van der Waals surface area contributed by atoms with Gasteiger partial charge in [0.05, 0.1) is 41.6 Å². The molecule has 7 nitrogen and oxygen atoms in total. The van der Waals surface area contributed by atoms with E-state index in [9.17, 15) is 14.0 Å². The number of hydrogen-bond acceptors (Lipinski definition) is 6. The number of thiophene rings is 2. The number of imidazole rings is 1. The van der Waals surface area contributed by atoms with Gasteiger partial charge in [0.15, 0.2) is 0 Å². The highest BCUT2D eigenvalue weighted by atomic mass is 32.1. The van der Waals surface area contributed by atoms with E-state index in [1.807, 2.05) is 70.6 Å². The van der Waals surface area contributed by atoms with Crippen LogP contribution in [0.2, 0.25) is 0 Å². The standard InChI is InChI=1S/C35H26FN5O2S2/c36-28-4-1-3-27(17-28)35(43)41(22-30-19-38-23-40(30)21-25-8-6-24(18-37)7-9-25)29-12-10-26(11-13-29)32-14-15-33(45-32)34(42)39-20-31-5-2-16-44-31/h1-17,19,23H,20-22H2,(H,39,42). The zero-order chi connectivity index (χ0) is 31.2. The molecule has 0 aliphatic carbocycles. The highest BCUT2D eigenvalue weighted by molar-refractivity contribution is 7.17. The van der Waals surface area contributed by atoms with Gasteiger partial charge in [0.1, 0.15) is 5.82 Å². The van der Waals surface area contributed by atoms with Crippen LogP contribution in [-0.2, 0) is 19.6 Å². The number of carbonyl (C=O) groups excluding carboxylic acids is 2. The second-order valence-electron chi connectivity index (χ2n) is 10.2. The molecule has 0 aliphatic rings. The van der Waals surface area contributed by atoms with E-state index in [4.69, 9.17) is 5.26 Å². The van der Waals surface area contributed by atoms with E-state index in [0.717, 1.165) is 26.6 Å². The van der Waals surface area contributed by atoms with Gasteiger partial charge in [-0.25, -0.2) is 9.37 Å². The number of nitrogens with one attached hydrogen (secondary N) is 1. The van der Waals surface area contributed by atoms with Crippen molar-refractivity contribution in [3.63, 3.8) is 0 Å². The smallest absolute Gasteiger partial charge is 0.261 e. The quantitative estimate of drug-likeness (QED) is 0.169. The van der Waals surface area contributed by atoms with Crippen LogP contribution in [0, 0.1) is 17.1 Å². The van der Waals surface area contributed by atoms with Crippen molar-refractivity contribution in [3.05, 3.63) is 153 Å². The van der Waals surface area contributed by atoms with Crippen molar-refractivity contribution in [1.82, 2.24) is 14.9 Å². The average molecular weight is 632 g/mol. The number of carbonyl (C=O) groups is 2. The van der Waals surface area contributed by atoms with Crippen LogP contribution in [0.5, 0.6) is 0 Å². The van der Waals surface area contributed by atoms with Crippen molar-refractivity contribution in [2.75, 3.05) is 4.90 Å². The number of amides is 2. The third-order valence-corrected chi connectivity index (χ3v) is 9.18. The van der Waals surface area contributed by atoms with Gasteiger partial charge < -0.3 is 14.8 Å². The Labute approximate surface area is 267 Å². The molecule has 6 rings (SSSR count). The molecule has 0 atom stereocenters. The summed E-state index contributed by atoms with van der Waals surface area (Å²) >= 11 is 3.00. The van der Waals surface area contributed by atoms with Gasteiger partial charge in [0, 0.05) is 33.7 Å². The lowest BCUT2D eigenvalue weighted by Gasteiger charge is -2.24. The molecule has 10 heteroatoms. The zero-order valence-electron chi connectivity index (χ0n) is 23.9. The minimum Gasteiger partial charge on any atom is -0.346 e. The molecule has 0 radical (unpaired) electrons. The first-order chi connectivity index (χ1) is 22.0. The minimum atomic E-state index is -0.491. The Bertz CT molecular complexity index is 1970. The Morgan fingerprint density at radius 2 is 1.80 bits per heavy atom. The van der Waals surface area contributed by atoms with E-state index in [1.54, 1.807) is 47.0 Å². The molecule has 0 bridgehead atoms. The van der Waals surface area contributed by atoms with Crippen molar-refractivity contribution in [3.8, 4) is 16.5 Å². The molecule has 0 aliphatic heterocycles. The van der Waals surface area contributed by atoms with Gasteiger partial charge in [0.2, 0.25) is 0 Å². The molecular weight excluding hydrogens is 606 g/mol. The topological polar surface area (TPSA) is 91.0 Å². The number of nitrogens with zero attached hydrogens (tertiary/aromatic N) is 4. The first kappa shape index (κ1) is 29.7. The number of rotatable bonds is 10. The fourth-order valence-electron chi connectivity index (χ4n) is 4.81. The average Bonchev–Trinajstić information content (AvgIpc) is 3.86. The lowest BCUT2D eigenvalue weighted by molar-refractivity contribution is 0.0953. The Hall–Kier alpha value is -5.37. The van der Waals surface area contributed by atoms with Gasteiger partial charge in [-0.2, -0.15) is 5.26 Å². The van der Waals surface area contributed by atoms with E-state index in [2.05, 4.69) is 16.4 Å². The molecule has 3 heterocycles. The maximum atomic E-state index is 14.1. The largest absolute Gasteiger partial charge is 0.346 e. The highest BCUT2D eigenvalue weighted by Gasteiger charge is 2.21. The Morgan fingerprint density at radius 1 is 0.978 bits per heavy atom. The van der Waals surface area contributed by atoms with E-state index in [0.29, 0.717) is 29.2 Å². The summed E-state index contributed by atoms with van der Waals surface area (Å²) < 4.78 is 16.1. The second kappa shape index (κ2) is 13.5. The second-order valence-corrected chi connectivity index (χ2v) is 12.3. The molecule has 0 fully saturated rings. The number of benzene rings is 3. The molecule has 0 spiro atoms. The fourth-order valence-corrected chi connectivity index (χ4v) is 6.38. The van der Waals surface area contributed by atoms with Gasteiger partial charge in [-0.3, -0.25) is 9.59 Å². The first-order valence-corrected chi connectivity index (χ1v) is 15.7. The minimum absolute atomic E-state index is 0.124. The molecule has 3 aromatic carbocycles. The molecule has 3 aromatic heterocycles. The van der Waals surface area contributed by atoms with Crippen LogP contribution in [-0.4, -0.2) is 21.4 Å². The number of halogens is 1. The lowest BCUT2D eigenvalue weighted by Crippen LogP contribution is -2.31. The predicted octanol–water partition coefficient (Wildman–Crippen LogP) is 7.51. The summed E-state index contributed by atoms with van der Waals surface area (Å²) in [6, 6.07) is 30.3. The highest BCUT2D eigenvalue weighted by Crippen LogP contribution is 2.31. The molecule has 0 saturated carbocycles. The van der Waals surface area contributed by atoms with Crippen molar-refractivity contribution in [2.24, 2.45) is 0 Å². The summed E-state index contributed by atoms with van der Waals surface area (Å²) in [4.78, 5) is 35.0. The molecule has 0 unspecified atom stereocenters. The molecule has 6 aromatic rings. The first-order valence-electron chi connectivity index (χ1n) is 14.0. The SMILES string of the molecule is N#Cc1ccc(Cn2cncc2CN(C(=O)c2cccc(F)c2)c2ccc(-c3ccc(C(=O)NCc4cccs4)s3)cc2)cc1. The van der Waals surface area contributed by atoms with Crippen LogP contribution in [0.25, 0.3) is 10.4 Å². The van der Waals surface area contributed by atoms with Gasteiger partial charge >= 0.3 is 0 Å². The Kier molecular flexibility index (Phi) is 8.91. The lowest BCUT2D eigenvalue weighted by atomic mass is 10.1. The maximum absolute atomic E-state index is 14.1. The molecular formula is C35H26FN5O2S2. The molecule has 222 valence electrons. The summed E-state index contributed by atoms with van der Waals surface area (Å²) in [6.07, 6.45) is 3.41. The van der Waals surface area contributed by atoms with E-state index in [1.165, 1.54) is 29.5 Å². The zero-order valence-corrected chi connectivity index (χ0v) is 25.5. The van der Waals surface area contributed by atoms with Gasteiger partial charge in [-0.15, -0.1) is 22.7 Å². The summed E-state index contributed by atoms with van der Waals surface area (Å²) in [5.41, 5.74) is 4.11. The van der Waals surface area contributed by atoms with Gasteiger partial charge in [-0.05, 0) is 77.2 Å². The number of nitriles is 1. The van der Waals surface area contributed by atoms with Crippen molar-refractivity contribution in [1.29, 1.82) is 5.26 Å². The van der Waals surface area contributed by atoms with Crippen LogP contribution in [0.4, 0.5) is 10.1 Å². The number of aromatic nitrogens is 2. The van der Waals surface area contributed by atoms with Crippen LogP contribution in [0.3, 0.4) is 0 Å². The maximum Gasteiger partial charge on any atom is 0.261 e. The van der Waals surface area contributed by atoms with E-state index < -0.39 is 5.82 Å².